The maximum atomic E-state index is 13.7. The molecule has 7 atom stereocenters. The molecule has 11 heteroatoms. The number of ether oxygens (including phenoxy) is 1. The summed E-state index contributed by atoms with van der Waals surface area (Å²) in [6.07, 6.45) is 7.17. The second-order valence-corrected chi connectivity index (χ2v) is 15.9. The highest BCUT2D eigenvalue weighted by atomic mass is 32.2. The Morgan fingerprint density at radius 2 is 1.63 bits per heavy atom. The average molecular weight is 587 g/mol. The fraction of sp³-hybridized carbons (Fsp3) is 0.733. The maximum absolute atomic E-state index is 13.7. The predicted molar refractivity (Wildman–Crippen MR) is 153 cm³/mol. The lowest BCUT2D eigenvalue weighted by Gasteiger charge is -2.61. The molecule has 7 unspecified atom stereocenters. The van der Waals surface area contributed by atoms with Gasteiger partial charge in [0.25, 0.3) is 0 Å². The summed E-state index contributed by atoms with van der Waals surface area (Å²) in [5, 5.41) is 11.1. The van der Waals surface area contributed by atoms with Crippen LogP contribution in [0.4, 0.5) is 10.5 Å². The first-order valence-electron chi connectivity index (χ1n) is 15.3. The van der Waals surface area contributed by atoms with Crippen LogP contribution in [0.15, 0.2) is 24.3 Å². The lowest BCUT2D eigenvalue weighted by atomic mass is 9.46. The third-order valence-corrected chi connectivity index (χ3v) is 12.6. The van der Waals surface area contributed by atoms with Gasteiger partial charge in [0, 0.05) is 49.9 Å². The summed E-state index contributed by atoms with van der Waals surface area (Å²) in [5.41, 5.74) is 6.51. The molecule has 4 aliphatic carbocycles. The average Bonchev–Trinajstić information content (AvgIpc) is 3.18. The minimum atomic E-state index is -3.15. The van der Waals surface area contributed by atoms with Gasteiger partial charge < -0.3 is 25.4 Å². The van der Waals surface area contributed by atoms with Gasteiger partial charge in [-0.15, -0.1) is 0 Å². The predicted octanol–water partition coefficient (Wildman–Crippen LogP) is 2.41. The van der Waals surface area contributed by atoms with E-state index in [1.165, 1.54) is 16.1 Å². The normalized spacial score (nSPS) is 40.1. The molecule has 4 saturated carbocycles. The fourth-order valence-electron chi connectivity index (χ4n) is 9.77. The molecule has 3 aliphatic heterocycles. The zero-order valence-electron chi connectivity index (χ0n) is 23.8. The van der Waals surface area contributed by atoms with E-state index in [4.69, 9.17) is 10.5 Å². The van der Waals surface area contributed by atoms with Gasteiger partial charge in [-0.25, -0.2) is 13.2 Å². The molecule has 7 fully saturated rings. The van der Waals surface area contributed by atoms with Gasteiger partial charge in [-0.2, -0.15) is 4.31 Å². The van der Waals surface area contributed by atoms with Crippen LogP contribution < -0.4 is 10.6 Å². The number of hydrogen-bond acceptors (Lipinski definition) is 7. The number of hydrogen-bond donors (Lipinski definition) is 2. The number of sulfonamides is 1. The van der Waals surface area contributed by atoms with Crippen LogP contribution in [0.1, 0.15) is 69.3 Å². The highest BCUT2D eigenvalue weighted by Gasteiger charge is 2.66. The summed E-state index contributed by atoms with van der Waals surface area (Å²) in [6.45, 7) is 2.36. The van der Waals surface area contributed by atoms with E-state index in [0.29, 0.717) is 51.4 Å². The first-order valence-corrected chi connectivity index (χ1v) is 17.1. The van der Waals surface area contributed by atoms with Crippen LogP contribution in [0.5, 0.6) is 0 Å². The Kier molecular flexibility index (Phi) is 6.41. The van der Waals surface area contributed by atoms with E-state index in [9.17, 15) is 23.1 Å². The molecule has 7 aliphatic rings. The Morgan fingerprint density at radius 3 is 2.22 bits per heavy atom. The second-order valence-electron chi connectivity index (χ2n) is 13.9. The number of aliphatic hydroxyl groups is 1. The molecule has 1 aromatic carbocycles. The van der Waals surface area contributed by atoms with E-state index in [2.05, 4.69) is 29.2 Å². The first-order chi connectivity index (χ1) is 19.4. The number of anilines is 1. The van der Waals surface area contributed by atoms with Crippen molar-refractivity contribution < 1.29 is 27.9 Å². The van der Waals surface area contributed by atoms with E-state index in [1.807, 2.05) is 4.90 Å². The van der Waals surface area contributed by atoms with Crippen LogP contribution in [-0.2, 0) is 19.6 Å². The summed E-state index contributed by atoms with van der Waals surface area (Å²) in [5.74, 6) is 0.177. The van der Waals surface area contributed by atoms with Gasteiger partial charge in [0.1, 0.15) is 6.10 Å². The molecule has 0 spiro atoms. The lowest BCUT2D eigenvalue weighted by Crippen LogP contribution is -2.68. The van der Waals surface area contributed by atoms with Crippen molar-refractivity contribution in [2.75, 3.05) is 37.3 Å². The molecule has 8 rings (SSSR count). The number of rotatable bonds is 5. The van der Waals surface area contributed by atoms with Gasteiger partial charge >= 0.3 is 6.09 Å². The Hall–Kier alpha value is -2.37. The third-order valence-electron chi connectivity index (χ3n) is 11.3. The lowest BCUT2D eigenvalue weighted by molar-refractivity contribution is -0.219. The number of benzene rings is 1. The van der Waals surface area contributed by atoms with E-state index in [-0.39, 0.29) is 30.0 Å². The van der Waals surface area contributed by atoms with Gasteiger partial charge in [0.2, 0.25) is 15.9 Å². The van der Waals surface area contributed by atoms with Crippen molar-refractivity contribution in [3.05, 3.63) is 29.8 Å². The van der Waals surface area contributed by atoms with Gasteiger partial charge in [-0.05, 0) is 87.3 Å². The van der Waals surface area contributed by atoms with Crippen molar-refractivity contribution in [3.63, 3.8) is 0 Å². The Balaban J connectivity index is 1.00. The van der Waals surface area contributed by atoms with Crippen LogP contribution in [0.3, 0.4) is 0 Å². The Morgan fingerprint density at radius 1 is 0.976 bits per heavy atom. The highest BCUT2D eigenvalue weighted by Crippen LogP contribution is 2.62. The number of primary amides is 1. The van der Waals surface area contributed by atoms with Gasteiger partial charge in [0.15, 0.2) is 0 Å². The molecule has 3 saturated heterocycles. The standard InChI is InChI=1S/C30H42N4O6S/c1-41(38,39)33-10-8-32(9-11-33)23-4-2-20(3-5-23)21-13-24-6-7-25(14-21)34(24)28(36)40-26-22-12-19-15-29(37,17-22)18-30(26,16-19)27(31)35/h2-5,19,21-22,24-26,37H,6-18H2,1H3,(H2,31,35). The topological polar surface area (TPSA) is 133 Å². The molecular weight excluding hydrogens is 544 g/mol. The SMILES string of the molecule is CS(=O)(=O)N1CCN(c2ccc(C3CC4CCC(C3)N4C(=O)OC3C4CC5CC(O)(C4)CC3(C(N)=O)C5)cc2)CC1. The van der Waals surface area contributed by atoms with Crippen molar-refractivity contribution in [2.24, 2.45) is 23.0 Å². The summed E-state index contributed by atoms with van der Waals surface area (Å²) in [7, 11) is -3.15. The van der Waals surface area contributed by atoms with Crippen molar-refractivity contribution in [2.45, 2.75) is 87.5 Å². The Bertz CT molecular complexity index is 1320. The number of fused-ring (bicyclic) bond motifs is 2. The van der Waals surface area contributed by atoms with Gasteiger partial charge in [-0.3, -0.25) is 4.79 Å². The minimum absolute atomic E-state index is 0.0132. The molecule has 0 radical (unpaired) electrons. The van der Waals surface area contributed by atoms with Crippen LogP contribution in [0.25, 0.3) is 0 Å². The monoisotopic (exact) mass is 586 g/mol. The second kappa shape index (κ2) is 9.57. The fourth-order valence-corrected chi connectivity index (χ4v) is 10.6. The zero-order chi connectivity index (χ0) is 28.7. The number of amides is 2. The van der Waals surface area contributed by atoms with E-state index in [1.54, 1.807) is 0 Å². The summed E-state index contributed by atoms with van der Waals surface area (Å²) in [4.78, 5) is 30.6. The summed E-state index contributed by atoms with van der Waals surface area (Å²) in [6, 6.07) is 8.87. The smallest absolute Gasteiger partial charge is 0.410 e. The molecule has 6 bridgehead atoms. The molecular formula is C30H42N4O6S. The third kappa shape index (κ3) is 4.63. The molecule has 41 heavy (non-hydrogen) atoms. The molecule has 1 aromatic rings. The molecule has 0 aromatic heterocycles. The molecule has 224 valence electrons. The molecule has 3 heterocycles. The number of carbonyl (C=O) groups is 2. The highest BCUT2D eigenvalue weighted by molar-refractivity contribution is 7.88. The van der Waals surface area contributed by atoms with Crippen molar-refractivity contribution in [3.8, 4) is 0 Å². The van der Waals surface area contributed by atoms with Crippen LogP contribution in [0, 0.1) is 17.3 Å². The molecule has 3 N–H and O–H groups in total. The van der Waals surface area contributed by atoms with Crippen LogP contribution in [0.2, 0.25) is 0 Å². The van der Waals surface area contributed by atoms with Gasteiger partial charge in [0.05, 0.1) is 17.3 Å². The van der Waals surface area contributed by atoms with Crippen LogP contribution in [-0.4, -0.2) is 91.0 Å². The quantitative estimate of drug-likeness (QED) is 0.541. The summed E-state index contributed by atoms with van der Waals surface area (Å²) >= 11 is 0. The van der Waals surface area contributed by atoms with Crippen molar-refractivity contribution in [1.29, 1.82) is 0 Å². The molecule has 2 amide bonds. The number of nitrogens with zero attached hydrogens (tertiary/aromatic N) is 3. The number of piperazine rings is 1. The number of piperidine rings is 1. The Labute approximate surface area is 242 Å². The van der Waals surface area contributed by atoms with Crippen LogP contribution >= 0.6 is 0 Å². The van der Waals surface area contributed by atoms with Gasteiger partial charge in [-0.1, -0.05) is 12.1 Å². The zero-order valence-corrected chi connectivity index (χ0v) is 24.6. The van der Waals surface area contributed by atoms with E-state index >= 15 is 0 Å². The van der Waals surface area contributed by atoms with E-state index < -0.39 is 33.1 Å². The maximum Gasteiger partial charge on any atom is 0.410 e. The van der Waals surface area contributed by atoms with Crippen molar-refractivity contribution >= 4 is 27.7 Å². The first kappa shape index (κ1) is 27.5. The van der Waals surface area contributed by atoms with E-state index in [0.717, 1.165) is 44.2 Å². The largest absolute Gasteiger partial charge is 0.445 e. The molecule has 10 nitrogen and oxygen atoms in total. The summed E-state index contributed by atoms with van der Waals surface area (Å²) < 4.78 is 31.4. The number of nitrogens with two attached hydrogens (primary N) is 1. The minimum Gasteiger partial charge on any atom is -0.445 e. The van der Waals surface area contributed by atoms with Crippen molar-refractivity contribution in [1.82, 2.24) is 9.21 Å². The number of carbonyl (C=O) groups excluding carboxylic acids is 2.